The molecule has 1 fully saturated rings. The molecule has 0 bridgehead atoms. The number of nitrogens with zero attached hydrogens (tertiary/aromatic N) is 4. The summed E-state index contributed by atoms with van der Waals surface area (Å²) in [5.41, 5.74) is 3.94. The van der Waals surface area contributed by atoms with Crippen molar-refractivity contribution in [3.63, 3.8) is 0 Å². The smallest absolute Gasteiger partial charge is 0.255 e. The first kappa shape index (κ1) is 19.9. The number of carbonyl (C=O) groups excluding carboxylic acids is 1. The summed E-state index contributed by atoms with van der Waals surface area (Å²) in [7, 11) is 0. The predicted octanol–water partition coefficient (Wildman–Crippen LogP) is 4.96. The van der Waals surface area contributed by atoms with E-state index >= 15 is 0 Å². The van der Waals surface area contributed by atoms with Crippen molar-refractivity contribution >= 4 is 17.4 Å². The highest BCUT2D eigenvalue weighted by Crippen LogP contribution is 2.26. The van der Waals surface area contributed by atoms with E-state index in [-0.39, 0.29) is 5.91 Å². The maximum Gasteiger partial charge on any atom is 0.255 e. The third kappa shape index (κ3) is 4.09. The van der Waals surface area contributed by atoms with Gasteiger partial charge in [-0.2, -0.15) is 0 Å². The van der Waals surface area contributed by atoms with Gasteiger partial charge in [-0.1, -0.05) is 18.2 Å². The second kappa shape index (κ2) is 8.63. The Morgan fingerprint density at radius 2 is 1.69 bits per heavy atom. The van der Waals surface area contributed by atoms with Crippen LogP contribution < -0.4 is 10.2 Å². The lowest BCUT2D eigenvalue weighted by Crippen LogP contribution is -2.19. The third-order valence-electron chi connectivity index (χ3n) is 5.63. The molecule has 1 N–H and O–H groups in total. The van der Waals surface area contributed by atoms with E-state index in [1.165, 1.54) is 12.8 Å². The van der Waals surface area contributed by atoms with Crippen LogP contribution in [0.15, 0.2) is 71.3 Å². The Labute approximate surface area is 186 Å². The molecule has 4 aromatic rings. The second-order valence-corrected chi connectivity index (χ2v) is 7.86. The summed E-state index contributed by atoms with van der Waals surface area (Å²) >= 11 is 0. The van der Waals surface area contributed by atoms with Gasteiger partial charge in [-0.05, 0) is 67.8 Å². The molecular weight excluding hydrogens is 402 g/mol. The average molecular weight is 425 g/mol. The van der Waals surface area contributed by atoms with Crippen LogP contribution in [-0.4, -0.2) is 34.2 Å². The van der Waals surface area contributed by atoms with Crippen LogP contribution in [0.1, 0.15) is 28.8 Å². The van der Waals surface area contributed by atoms with Gasteiger partial charge in [0, 0.05) is 29.8 Å². The molecule has 160 valence electrons. The van der Waals surface area contributed by atoms with E-state index in [0.717, 1.165) is 35.6 Å². The number of benzene rings is 2. The van der Waals surface area contributed by atoms with Crippen molar-refractivity contribution in [2.75, 3.05) is 23.3 Å². The molecule has 0 unspecified atom stereocenters. The van der Waals surface area contributed by atoms with Crippen LogP contribution >= 0.6 is 0 Å². The zero-order chi connectivity index (χ0) is 21.9. The fourth-order valence-corrected chi connectivity index (χ4v) is 3.82. The number of carbonyl (C=O) groups is 1. The lowest BCUT2D eigenvalue weighted by molar-refractivity contribution is 0.102. The molecule has 1 amide bonds. The second-order valence-electron chi connectivity index (χ2n) is 7.86. The number of anilines is 2. The van der Waals surface area contributed by atoms with Crippen LogP contribution in [0.4, 0.5) is 11.5 Å². The summed E-state index contributed by atoms with van der Waals surface area (Å²) in [6.07, 6.45) is 4.10. The molecule has 1 aliphatic rings. The summed E-state index contributed by atoms with van der Waals surface area (Å²) in [5, 5.41) is 11.2. The molecule has 1 saturated heterocycles. The summed E-state index contributed by atoms with van der Waals surface area (Å²) < 4.78 is 5.85. The van der Waals surface area contributed by atoms with Gasteiger partial charge in [0.15, 0.2) is 0 Å². The first-order valence-electron chi connectivity index (χ1n) is 10.7. The number of aromatic nitrogens is 3. The number of aryl methyl sites for hydroxylation is 1. The highest BCUT2D eigenvalue weighted by atomic mass is 16.4. The van der Waals surface area contributed by atoms with Gasteiger partial charge in [0.2, 0.25) is 11.8 Å². The van der Waals surface area contributed by atoms with Crippen LogP contribution in [0.5, 0.6) is 0 Å². The molecular formula is C25H23N5O2. The molecule has 2 aromatic heterocycles. The molecule has 0 saturated carbocycles. The molecule has 5 rings (SSSR count). The highest BCUT2D eigenvalue weighted by Gasteiger charge is 2.15. The van der Waals surface area contributed by atoms with Crippen LogP contribution in [0.2, 0.25) is 0 Å². The van der Waals surface area contributed by atoms with E-state index in [2.05, 4.69) is 25.4 Å². The van der Waals surface area contributed by atoms with Gasteiger partial charge < -0.3 is 14.6 Å². The lowest BCUT2D eigenvalue weighted by Gasteiger charge is -2.16. The van der Waals surface area contributed by atoms with Gasteiger partial charge in [-0.25, -0.2) is 4.98 Å². The molecule has 0 radical (unpaired) electrons. The minimum absolute atomic E-state index is 0.196. The normalized spacial score (nSPS) is 13.3. The van der Waals surface area contributed by atoms with Crippen molar-refractivity contribution in [1.82, 2.24) is 15.2 Å². The molecule has 0 atom stereocenters. The first-order valence-corrected chi connectivity index (χ1v) is 10.7. The van der Waals surface area contributed by atoms with Crippen molar-refractivity contribution in [2.45, 2.75) is 19.8 Å². The Morgan fingerprint density at radius 3 is 2.41 bits per heavy atom. The average Bonchev–Trinajstić information content (AvgIpc) is 3.53. The Bertz CT molecular complexity index is 1230. The Balaban J connectivity index is 1.26. The highest BCUT2D eigenvalue weighted by molar-refractivity contribution is 6.04. The summed E-state index contributed by atoms with van der Waals surface area (Å²) in [5.74, 6) is 1.65. The van der Waals surface area contributed by atoms with E-state index in [0.29, 0.717) is 23.0 Å². The van der Waals surface area contributed by atoms with Crippen molar-refractivity contribution in [2.24, 2.45) is 0 Å². The van der Waals surface area contributed by atoms with Crippen molar-refractivity contribution in [1.29, 1.82) is 0 Å². The van der Waals surface area contributed by atoms with Crippen molar-refractivity contribution < 1.29 is 9.21 Å². The van der Waals surface area contributed by atoms with Crippen LogP contribution in [-0.2, 0) is 0 Å². The lowest BCUT2D eigenvalue weighted by atomic mass is 10.1. The molecule has 0 spiro atoms. The van der Waals surface area contributed by atoms with Gasteiger partial charge in [0.05, 0.1) is 11.9 Å². The Hall–Kier alpha value is -4.00. The van der Waals surface area contributed by atoms with Crippen LogP contribution in [0.3, 0.4) is 0 Å². The zero-order valence-corrected chi connectivity index (χ0v) is 17.8. The minimum atomic E-state index is -0.196. The largest absolute Gasteiger partial charge is 0.416 e. The summed E-state index contributed by atoms with van der Waals surface area (Å²) in [6.45, 7) is 4.08. The predicted molar refractivity (Wildman–Crippen MR) is 124 cm³/mol. The Kier molecular flexibility index (Phi) is 5.37. The van der Waals surface area contributed by atoms with Gasteiger partial charge in [0.1, 0.15) is 5.82 Å². The first-order chi connectivity index (χ1) is 15.7. The van der Waals surface area contributed by atoms with Crippen LogP contribution in [0, 0.1) is 6.92 Å². The molecule has 2 aromatic carbocycles. The van der Waals surface area contributed by atoms with Crippen molar-refractivity contribution in [3.05, 3.63) is 78.0 Å². The van der Waals surface area contributed by atoms with Gasteiger partial charge in [-0.15, -0.1) is 10.2 Å². The fraction of sp³-hybridized carbons (Fsp3) is 0.200. The maximum absolute atomic E-state index is 12.6. The van der Waals surface area contributed by atoms with E-state index in [1.807, 2.05) is 43.3 Å². The SMILES string of the molecule is Cc1ccccc1-c1nnc(-c2ccc(C(=O)Nc3ccc(N4CCCC4)nc3)cc2)o1. The van der Waals surface area contributed by atoms with E-state index in [1.54, 1.807) is 30.5 Å². The van der Waals surface area contributed by atoms with Crippen LogP contribution in [0.25, 0.3) is 22.9 Å². The number of pyridine rings is 1. The summed E-state index contributed by atoms with van der Waals surface area (Å²) in [4.78, 5) is 19.4. The maximum atomic E-state index is 12.6. The topological polar surface area (TPSA) is 84.2 Å². The molecule has 1 aliphatic heterocycles. The van der Waals surface area contributed by atoms with E-state index < -0.39 is 0 Å². The van der Waals surface area contributed by atoms with E-state index in [4.69, 9.17) is 4.42 Å². The number of amides is 1. The third-order valence-corrected chi connectivity index (χ3v) is 5.63. The molecule has 7 heteroatoms. The fourth-order valence-electron chi connectivity index (χ4n) is 3.82. The van der Waals surface area contributed by atoms with E-state index in [9.17, 15) is 4.79 Å². The number of nitrogens with one attached hydrogen (secondary N) is 1. The Morgan fingerprint density at radius 1 is 0.938 bits per heavy atom. The van der Waals surface area contributed by atoms with Gasteiger partial charge in [0.25, 0.3) is 5.91 Å². The van der Waals surface area contributed by atoms with Gasteiger partial charge >= 0.3 is 0 Å². The molecule has 0 aliphatic carbocycles. The monoisotopic (exact) mass is 425 g/mol. The van der Waals surface area contributed by atoms with Gasteiger partial charge in [-0.3, -0.25) is 4.79 Å². The number of hydrogen-bond acceptors (Lipinski definition) is 6. The molecule has 7 nitrogen and oxygen atoms in total. The molecule has 32 heavy (non-hydrogen) atoms. The summed E-state index contributed by atoms with van der Waals surface area (Å²) in [6, 6.07) is 18.8. The minimum Gasteiger partial charge on any atom is -0.416 e. The van der Waals surface area contributed by atoms with Crippen molar-refractivity contribution in [3.8, 4) is 22.9 Å². The number of hydrogen-bond donors (Lipinski definition) is 1. The standard InChI is InChI=1S/C25H23N5O2/c1-17-6-2-3-7-21(17)25-29-28-24(32-25)19-10-8-18(9-11-19)23(31)27-20-12-13-22(26-16-20)30-14-4-5-15-30/h2-3,6-13,16H,4-5,14-15H2,1H3,(H,27,31). The quantitative estimate of drug-likeness (QED) is 0.487. The number of rotatable bonds is 5. The molecule has 3 heterocycles. The zero-order valence-electron chi connectivity index (χ0n) is 17.8.